The molecule has 0 aliphatic rings. The predicted octanol–water partition coefficient (Wildman–Crippen LogP) is 1.87. The van der Waals surface area contributed by atoms with Gasteiger partial charge in [-0.15, -0.1) is 0 Å². The molecule has 0 fully saturated rings. The summed E-state index contributed by atoms with van der Waals surface area (Å²) in [6.45, 7) is 6.59. The van der Waals surface area contributed by atoms with Crippen molar-refractivity contribution in [2.45, 2.75) is 33.4 Å². The summed E-state index contributed by atoms with van der Waals surface area (Å²) in [5.41, 5.74) is 2.67. The minimum absolute atomic E-state index is 0.0346. The van der Waals surface area contributed by atoms with Crippen LogP contribution in [0.5, 0.6) is 0 Å². The van der Waals surface area contributed by atoms with Crippen LogP contribution in [0.3, 0.4) is 0 Å². The molecule has 0 aliphatic carbocycles. The van der Waals surface area contributed by atoms with Crippen LogP contribution >= 0.6 is 0 Å². The van der Waals surface area contributed by atoms with Crippen LogP contribution in [-0.4, -0.2) is 24.3 Å². The van der Waals surface area contributed by atoms with Crippen LogP contribution in [0, 0.1) is 13.8 Å². The van der Waals surface area contributed by atoms with E-state index < -0.39 is 0 Å². The van der Waals surface area contributed by atoms with Crippen molar-refractivity contribution >= 4 is 10.9 Å². The van der Waals surface area contributed by atoms with Crippen molar-refractivity contribution in [1.29, 1.82) is 0 Å². The average Bonchev–Trinajstić information content (AvgIpc) is 2.77. The van der Waals surface area contributed by atoms with Gasteiger partial charge in [-0.3, -0.25) is 19.0 Å². The van der Waals surface area contributed by atoms with E-state index in [0.717, 1.165) is 11.4 Å². The third kappa shape index (κ3) is 2.44. The smallest absolute Gasteiger partial charge is 0.263 e. The first-order valence-electron chi connectivity index (χ1n) is 6.88. The van der Waals surface area contributed by atoms with Gasteiger partial charge in [-0.25, -0.2) is 4.98 Å². The molecule has 0 aromatic carbocycles. The Kier molecular flexibility index (Phi) is 3.29. The second kappa shape index (κ2) is 5.12. The van der Waals surface area contributed by atoms with Crippen LogP contribution in [0.15, 0.2) is 35.6 Å². The second-order valence-electron chi connectivity index (χ2n) is 5.31. The second-order valence-corrected chi connectivity index (χ2v) is 5.31. The van der Waals surface area contributed by atoms with Gasteiger partial charge in [0, 0.05) is 18.1 Å². The van der Waals surface area contributed by atoms with E-state index in [2.05, 4.69) is 15.1 Å². The van der Waals surface area contributed by atoms with Gasteiger partial charge in [-0.1, -0.05) is 0 Å². The maximum Gasteiger partial charge on any atom is 0.263 e. The van der Waals surface area contributed by atoms with Gasteiger partial charge in [0.15, 0.2) is 0 Å². The minimum Gasteiger partial charge on any atom is -0.294 e. The molecule has 1 atom stereocenters. The maximum atomic E-state index is 12.5. The number of rotatable bonds is 3. The molecule has 0 bridgehead atoms. The molecule has 6 heteroatoms. The van der Waals surface area contributed by atoms with E-state index in [4.69, 9.17) is 0 Å². The first kappa shape index (κ1) is 13.5. The molecular formula is C15H17N5O. The molecule has 0 spiro atoms. The molecule has 3 rings (SSSR count). The standard InChI is InChI=1S/C15H17N5O/c1-10-6-11(2)20(18-10)8-12(3)19-9-17-14-4-5-16-7-13(14)15(19)21/h4-7,9,12H,8H2,1-3H3/t12-/m0/s1. The fraction of sp³-hybridized carbons (Fsp3) is 0.333. The van der Waals surface area contributed by atoms with Gasteiger partial charge in [-0.05, 0) is 32.9 Å². The first-order valence-corrected chi connectivity index (χ1v) is 6.88. The summed E-state index contributed by atoms with van der Waals surface area (Å²) in [5.74, 6) is 0. The SMILES string of the molecule is Cc1cc(C)n(C[C@H](C)n2cnc3ccncc3c2=O)n1. The maximum absolute atomic E-state index is 12.5. The summed E-state index contributed by atoms with van der Waals surface area (Å²) >= 11 is 0. The summed E-state index contributed by atoms with van der Waals surface area (Å²) in [5, 5.41) is 4.98. The highest BCUT2D eigenvalue weighted by molar-refractivity contribution is 5.75. The number of aromatic nitrogens is 5. The van der Waals surface area contributed by atoms with E-state index in [1.165, 1.54) is 0 Å². The zero-order valence-corrected chi connectivity index (χ0v) is 12.3. The van der Waals surface area contributed by atoms with Crippen LogP contribution in [0.25, 0.3) is 10.9 Å². The van der Waals surface area contributed by atoms with E-state index in [0.29, 0.717) is 17.4 Å². The summed E-state index contributed by atoms with van der Waals surface area (Å²) in [6.07, 6.45) is 4.80. The lowest BCUT2D eigenvalue weighted by Gasteiger charge is -2.16. The molecule has 0 saturated heterocycles. The Morgan fingerprint density at radius 3 is 2.86 bits per heavy atom. The van der Waals surface area contributed by atoms with Crippen molar-refractivity contribution in [3.05, 3.63) is 52.6 Å². The Balaban J connectivity index is 1.98. The molecule has 0 unspecified atom stereocenters. The molecule has 21 heavy (non-hydrogen) atoms. The molecule has 0 amide bonds. The van der Waals surface area contributed by atoms with Crippen LogP contribution in [-0.2, 0) is 6.54 Å². The lowest BCUT2D eigenvalue weighted by atomic mass is 10.2. The highest BCUT2D eigenvalue weighted by Gasteiger charge is 2.12. The summed E-state index contributed by atoms with van der Waals surface area (Å²) < 4.78 is 3.56. The van der Waals surface area contributed by atoms with Crippen molar-refractivity contribution in [3.63, 3.8) is 0 Å². The van der Waals surface area contributed by atoms with Gasteiger partial charge in [0.2, 0.25) is 0 Å². The Bertz CT molecular complexity index is 849. The number of nitrogens with zero attached hydrogens (tertiary/aromatic N) is 5. The number of hydrogen-bond donors (Lipinski definition) is 0. The van der Waals surface area contributed by atoms with Crippen LogP contribution < -0.4 is 5.56 Å². The predicted molar refractivity (Wildman–Crippen MR) is 80.2 cm³/mol. The highest BCUT2D eigenvalue weighted by Crippen LogP contribution is 2.11. The van der Waals surface area contributed by atoms with E-state index >= 15 is 0 Å². The minimum atomic E-state index is -0.0675. The van der Waals surface area contributed by atoms with Crippen molar-refractivity contribution in [1.82, 2.24) is 24.3 Å². The lowest BCUT2D eigenvalue weighted by Crippen LogP contribution is -2.27. The number of aryl methyl sites for hydroxylation is 2. The Labute approximate surface area is 122 Å². The summed E-state index contributed by atoms with van der Waals surface area (Å²) in [7, 11) is 0. The third-order valence-corrected chi connectivity index (χ3v) is 3.60. The third-order valence-electron chi connectivity index (χ3n) is 3.60. The Morgan fingerprint density at radius 2 is 2.14 bits per heavy atom. The van der Waals surface area contributed by atoms with Crippen molar-refractivity contribution in [2.75, 3.05) is 0 Å². The van der Waals surface area contributed by atoms with Crippen molar-refractivity contribution < 1.29 is 0 Å². The van der Waals surface area contributed by atoms with Gasteiger partial charge < -0.3 is 0 Å². The lowest BCUT2D eigenvalue weighted by molar-refractivity contribution is 0.419. The molecule has 0 aliphatic heterocycles. The highest BCUT2D eigenvalue weighted by atomic mass is 16.1. The summed E-state index contributed by atoms with van der Waals surface area (Å²) in [4.78, 5) is 20.8. The Morgan fingerprint density at radius 1 is 1.33 bits per heavy atom. The number of fused-ring (bicyclic) bond motifs is 1. The van der Waals surface area contributed by atoms with Gasteiger partial charge >= 0.3 is 0 Å². The van der Waals surface area contributed by atoms with Crippen LogP contribution in [0.2, 0.25) is 0 Å². The molecule has 3 heterocycles. The van der Waals surface area contributed by atoms with Gasteiger partial charge in [0.05, 0.1) is 35.5 Å². The molecular weight excluding hydrogens is 266 g/mol. The normalized spacial score (nSPS) is 12.7. The fourth-order valence-electron chi connectivity index (χ4n) is 2.49. The van der Waals surface area contributed by atoms with Gasteiger partial charge in [0.1, 0.15) is 0 Å². The van der Waals surface area contributed by atoms with Gasteiger partial charge in [0.25, 0.3) is 5.56 Å². The largest absolute Gasteiger partial charge is 0.294 e. The number of pyridine rings is 1. The molecule has 3 aromatic rings. The van der Waals surface area contributed by atoms with E-state index in [-0.39, 0.29) is 11.6 Å². The molecule has 0 radical (unpaired) electrons. The molecule has 0 saturated carbocycles. The van der Waals surface area contributed by atoms with Crippen LogP contribution in [0.1, 0.15) is 24.4 Å². The van der Waals surface area contributed by atoms with Gasteiger partial charge in [-0.2, -0.15) is 5.10 Å². The molecule has 108 valence electrons. The number of hydrogen-bond acceptors (Lipinski definition) is 4. The van der Waals surface area contributed by atoms with E-state index in [9.17, 15) is 4.79 Å². The molecule has 6 nitrogen and oxygen atoms in total. The summed E-state index contributed by atoms with van der Waals surface area (Å²) in [6, 6.07) is 3.73. The van der Waals surface area contributed by atoms with E-state index in [1.54, 1.807) is 29.4 Å². The monoisotopic (exact) mass is 283 g/mol. The zero-order chi connectivity index (χ0) is 15.0. The zero-order valence-electron chi connectivity index (χ0n) is 12.3. The topological polar surface area (TPSA) is 65.6 Å². The van der Waals surface area contributed by atoms with Crippen molar-refractivity contribution in [3.8, 4) is 0 Å². The Hall–Kier alpha value is -2.50. The molecule has 0 N–H and O–H groups in total. The van der Waals surface area contributed by atoms with Crippen LogP contribution in [0.4, 0.5) is 0 Å². The first-order chi connectivity index (χ1) is 10.1. The fourth-order valence-corrected chi connectivity index (χ4v) is 2.49. The quantitative estimate of drug-likeness (QED) is 0.736. The van der Waals surface area contributed by atoms with E-state index in [1.807, 2.05) is 31.5 Å². The van der Waals surface area contributed by atoms with Crippen molar-refractivity contribution in [2.24, 2.45) is 0 Å². The molecule has 3 aromatic heterocycles. The average molecular weight is 283 g/mol.